The molecule has 5 fully saturated rings. The van der Waals surface area contributed by atoms with Gasteiger partial charge in [-0.3, -0.25) is 9.59 Å². The molecule has 1 heterocycles. The number of ether oxygens (including phenoxy) is 2. The van der Waals surface area contributed by atoms with Crippen molar-refractivity contribution in [1.82, 2.24) is 0 Å². The number of carbonyl (C=O) groups is 2. The average molecular weight is 535 g/mol. The van der Waals surface area contributed by atoms with Crippen molar-refractivity contribution in [2.45, 2.75) is 123 Å². The van der Waals surface area contributed by atoms with E-state index in [-0.39, 0.29) is 76.9 Å². The van der Waals surface area contributed by atoms with Gasteiger partial charge in [-0.2, -0.15) is 0 Å². The van der Waals surface area contributed by atoms with Crippen LogP contribution >= 0.6 is 0 Å². The number of fused-ring (bicyclic) bond motifs is 5. The van der Waals surface area contributed by atoms with E-state index < -0.39 is 11.7 Å². The molecule has 0 aromatic carbocycles. The van der Waals surface area contributed by atoms with Gasteiger partial charge in [-0.1, -0.05) is 20.8 Å². The standard InChI is InChI=1S/C31H50O7/c1-17(6-9-26(35)38-29(2,3)19-14-27(36)37-16-19)21-7-8-22-28-23(15-25(34)31(21,22)5)30(4)11-10-20(32)12-18(30)13-24(28)33/h17-25,28,32-34H,6-16H2,1-5H3. The zero-order chi connectivity index (χ0) is 27.6. The van der Waals surface area contributed by atoms with Crippen molar-refractivity contribution < 1.29 is 34.4 Å². The van der Waals surface area contributed by atoms with Gasteiger partial charge in [0.2, 0.25) is 0 Å². The van der Waals surface area contributed by atoms with Gasteiger partial charge in [0.1, 0.15) is 5.60 Å². The van der Waals surface area contributed by atoms with Crippen LogP contribution in [0.3, 0.4) is 0 Å². The molecule has 38 heavy (non-hydrogen) atoms. The van der Waals surface area contributed by atoms with E-state index in [0.29, 0.717) is 25.4 Å². The number of aliphatic hydroxyl groups is 3. The van der Waals surface area contributed by atoms with Crippen molar-refractivity contribution >= 4 is 11.9 Å². The van der Waals surface area contributed by atoms with Gasteiger partial charge in [0.05, 0.1) is 31.3 Å². The predicted octanol–water partition coefficient (Wildman–Crippen LogP) is 4.25. The highest BCUT2D eigenvalue weighted by molar-refractivity contribution is 5.72. The molecule has 3 N–H and O–H groups in total. The molecular weight excluding hydrogens is 484 g/mol. The van der Waals surface area contributed by atoms with Gasteiger partial charge in [-0.15, -0.1) is 0 Å². The number of hydrogen-bond acceptors (Lipinski definition) is 7. The topological polar surface area (TPSA) is 113 Å². The van der Waals surface area contributed by atoms with Crippen molar-refractivity contribution in [3.63, 3.8) is 0 Å². The van der Waals surface area contributed by atoms with Crippen LogP contribution in [0.15, 0.2) is 0 Å². The lowest BCUT2D eigenvalue weighted by molar-refractivity contribution is -0.207. The zero-order valence-electron chi connectivity index (χ0n) is 24.0. The lowest BCUT2D eigenvalue weighted by Crippen LogP contribution is -2.62. The second-order valence-electron chi connectivity index (χ2n) is 14.7. The van der Waals surface area contributed by atoms with Gasteiger partial charge >= 0.3 is 11.9 Å². The maximum absolute atomic E-state index is 12.8. The summed E-state index contributed by atoms with van der Waals surface area (Å²) in [5.41, 5.74) is -0.948. The Morgan fingerprint density at radius 2 is 1.84 bits per heavy atom. The van der Waals surface area contributed by atoms with Crippen LogP contribution in [0.25, 0.3) is 0 Å². The molecule has 12 atom stereocenters. The fourth-order valence-electron chi connectivity index (χ4n) is 10.1. The average Bonchev–Trinajstić information content (AvgIpc) is 3.44. The summed E-state index contributed by atoms with van der Waals surface area (Å²) in [5.74, 6) is 1.01. The summed E-state index contributed by atoms with van der Waals surface area (Å²) >= 11 is 0. The van der Waals surface area contributed by atoms with E-state index in [2.05, 4.69) is 20.8 Å². The highest BCUT2D eigenvalue weighted by atomic mass is 16.6. The molecule has 1 aliphatic heterocycles. The first-order chi connectivity index (χ1) is 17.8. The molecule has 0 spiro atoms. The van der Waals surface area contributed by atoms with Gasteiger partial charge in [0, 0.05) is 12.3 Å². The molecule has 7 nitrogen and oxygen atoms in total. The smallest absolute Gasteiger partial charge is 0.306 e. The van der Waals surface area contributed by atoms with Gasteiger partial charge in [0.15, 0.2) is 0 Å². The third kappa shape index (κ3) is 4.62. The number of hydrogen-bond donors (Lipinski definition) is 3. The summed E-state index contributed by atoms with van der Waals surface area (Å²) in [7, 11) is 0. The second-order valence-corrected chi connectivity index (χ2v) is 14.7. The van der Waals surface area contributed by atoms with Crippen LogP contribution in [-0.4, -0.2) is 57.8 Å². The number of carbonyl (C=O) groups excluding carboxylic acids is 2. The molecule has 5 rings (SSSR count). The van der Waals surface area contributed by atoms with Crippen LogP contribution in [0.4, 0.5) is 0 Å². The zero-order valence-corrected chi connectivity index (χ0v) is 24.0. The summed E-state index contributed by atoms with van der Waals surface area (Å²) in [6.45, 7) is 10.8. The fraction of sp³-hybridized carbons (Fsp3) is 0.935. The van der Waals surface area contributed by atoms with Crippen LogP contribution in [-0.2, 0) is 19.1 Å². The molecule has 0 radical (unpaired) electrons. The number of esters is 2. The normalized spacial score (nSPS) is 47.5. The summed E-state index contributed by atoms with van der Waals surface area (Å²) < 4.78 is 10.9. The second kappa shape index (κ2) is 10.0. The van der Waals surface area contributed by atoms with Crippen molar-refractivity contribution in [3.05, 3.63) is 0 Å². The molecule has 12 unspecified atom stereocenters. The van der Waals surface area contributed by atoms with Gasteiger partial charge in [-0.05, 0) is 112 Å². The highest BCUT2D eigenvalue weighted by Gasteiger charge is 2.65. The first kappa shape index (κ1) is 28.4. The van der Waals surface area contributed by atoms with E-state index in [1.807, 2.05) is 13.8 Å². The Bertz CT molecular complexity index is 918. The van der Waals surface area contributed by atoms with Crippen LogP contribution in [0, 0.1) is 52.3 Å². The Kier molecular flexibility index (Phi) is 7.48. The van der Waals surface area contributed by atoms with E-state index in [0.717, 1.165) is 44.9 Å². The van der Waals surface area contributed by atoms with Gasteiger partial charge in [-0.25, -0.2) is 0 Å². The fourth-order valence-corrected chi connectivity index (χ4v) is 10.1. The summed E-state index contributed by atoms with van der Waals surface area (Å²) in [4.78, 5) is 24.3. The maximum atomic E-state index is 12.8. The minimum Gasteiger partial charge on any atom is -0.465 e. The van der Waals surface area contributed by atoms with Crippen LogP contribution in [0.5, 0.6) is 0 Å². The Morgan fingerprint density at radius 3 is 2.53 bits per heavy atom. The Hall–Kier alpha value is -1.18. The van der Waals surface area contributed by atoms with Crippen molar-refractivity contribution in [2.75, 3.05) is 6.61 Å². The van der Waals surface area contributed by atoms with Crippen LogP contribution < -0.4 is 0 Å². The van der Waals surface area contributed by atoms with Gasteiger partial charge < -0.3 is 24.8 Å². The van der Waals surface area contributed by atoms with Gasteiger partial charge in [0.25, 0.3) is 0 Å². The SMILES string of the molecule is CC(CCC(=O)OC(C)(C)C1COC(=O)C1)C1CCC2C3C(O)CC4CC(O)CCC4(C)C3CC(O)C12C. The summed E-state index contributed by atoms with van der Waals surface area (Å²) in [6, 6.07) is 0. The van der Waals surface area contributed by atoms with Crippen molar-refractivity contribution in [2.24, 2.45) is 52.3 Å². The number of cyclic esters (lactones) is 1. The van der Waals surface area contributed by atoms with E-state index >= 15 is 0 Å². The third-order valence-corrected chi connectivity index (χ3v) is 12.5. The minimum absolute atomic E-state index is 0.0701. The number of aliphatic hydroxyl groups excluding tert-OH is 3. The lowest BCUT2D eigenvalue weighted by atomic mass is 9.43. The van der Waals surface area contributed by atoms with E-state index in [9.17, 15) is 24.9 Å². The monoisotopic (exact) mass is 534 g/mol. The molecule has 0 aromatic rings. The van der Waals surface area contributed by atoms with Crippen molar-refractivity contribution in [3.8, 4) is 0 Å². The molecule has 216 valence electrons. The lowest BCUT2D eigenvalue weighted by Gasteiger charge is -2.63. The summed E-state index contributed by atoms with van der Waals surface area (Å²) in [6.07, 6.45) is 6.29. The van der Waals surface area contributed by atoms with Crippen LogP contribution in [0.2, 0.25) is 0 Å². The molecule has 0 aromatic heterocycles. The molecular formula is C31H50O7. The Labute approximate surface area is 228 Å². The quantitative estimate of drug-likeness (QED) is 0.437. The molecule has 4 aliphatic carbocycles. The van der Waals surface area contributed by atoms with E-state index in [1.165, 1.54) is 0 Å². The van der Waals surface area contributed by atoms with Crippen molar-refractivity contribution in [1.29, 1.82) is 0 Å². The third-order valence-electron chi connectivity index (χ3n) is 12.5. The molecule has 7 heteroatoms. The first-order valence-electron chi connectivity index (χ1n) is 15.2. The first-order valence-corrected chi connectivity index (χ1v) is 15.2. The minimum atomic E-state index is -0.744. The van der Waals surface area contributed by atoms with E-state index in [4.69, 9.17) is 9.47 Å². The van der Waals surface area contributed by atoms with E-state index in [1.54, 1.807) is 0 Å². The molecule has 5 aliphatic rings. The van der Waals surface area contributed by atoms with Crippen LogP contribution in [0.1, 0.15) is 98.8 Å². The molecule has 0 amide bonds. The Morgan fingerprint density at radius 1 is 1.11 bits per heavy atom. The Balaban J connectivity index is 1.24. The maximum Gasteiger partial charge on any atom is 0.306 e. The predicted molar refractivity (Wildman–Crippen MR) is 142 cm³/mol. The highest BCUT2D eigenvalue weighted by Crippen LogP contribution is 2.68. The number of rotatable bonds is 6. The molecule has 1 saturated heterocycles. The molecule has 0 bridgehead atoms. The largest absolute Gasteiger partial charge is 0.465 e. The molecule has 4 saturated carbocycles. The summed E-state index contributed by atoms with van der Waals surface area (Å²) in [5, 5.41) is 33.5.